The summed E-state index contributed by atoms with van der Waals surface area (Å²) < 4.78 is 20.4. The second-order valence-electron chi connectivity index (χ2n) is 8.83. The van der Waals surface area contributed by atoms with Crippen molar-refractivity contribution in [1.82, 2.24) is 23.8 Å². The maximum Gasteiger partial charge on any atom is 0.331 e. The van der Waals surface area contributed by atoms with Crippen molar-refractivity contribution in [3.8, 4) is 5.75 Å². The van der Waals surface area contributed by atoms with Gasteiger partial charge in [0.05, 0.1) is 25.8 Å². The van der Waals surface area contributed by atoms with E-state index in [9.17, 15) is 33.5 Å². The molecule has 2 aliphatic heterocycles. The quantitative estimate of drug-likeness (QED) is 0.520. The van der Waals surface area contributed by atoms with Gasteiger partial charge in [0.2, 0.25) is 5.75 Å². The minimum absolute atomic E-state index is 0.0118. The van der Waals surface area contributed by atoms with Crippen molar-refractivity contribution >= 4 is 17.7 Å². The standard InChI is InChI=1S/C23H26FN5O7/c1-25(2)21(33)22(34)27-9-10-36-13-16(27)12-29-20(32)18(30)17-19(31)26(7-8-28(17)23(29)35)11-14-3-5-15(24)6-4-14/h3-6,16,30H,7-13H2,1-2H3. The second-order valence-corrected chi connectivity index (χ2v) is 8.83. The third-order valence-corrected chi connectivity index (χ3v) is 6.24. The maximum atomic E-state index is 13.2. The largest absolute Gasteiger partial charge is 0.501 e. The van der Waals surface area contributed by atoms with Crippen LogP contribution in [0.25, 0.3) is 0 Å². The monoisotopic (exact) mass is 503 g/mol. The lowest BCUT2D eigenvalue weighted by atomic mass is 10.1. The first-order valence-corrected chi connectivity index (χ1v) is 11.3. The highest BCUT2D eigenvalue weighted by atomic mass is 19.1. The molecule has 1 fully saturated rings. The minimum atomic E-state index is -1.08. The highest BCUT2D eigenvalue weighted by Gasteiger charge is 2.35. The van der Waals surface area contributed by atoms with Crippen LogP contribution in [0, 0.1) is 5.82 Å². The molecule has 13 heteroatoms. The summed E-state index contributed by atoms with van der Waals surface area (Å²) in [5, 5.41) is 10.6. The number of halogens is 1. The van der Waals surface area contributed by atoms with Crippen molar-refractivity contribution in [2.24, 2.45) is 0 Å². The van der Waals surface area contributed by atoms with Crippen molar-refractivity contribution in [3.05, 3.63) is 62.2 Å². The van der Waals surface area contributed by atoms with Gasteiger partial charge in [-0.15, -0.1) is 0 Å². The SMILES string of the molecule is CN(C)C(=O)C(=O)N1CCOCC1Cn1c(=O)c(O)c2n(c1=O)CCN(Cc1ccc(F)cc1)C2=O. The van der Waals surface area contributed by atoms with Crippen LogP contribution in [0.15, 0.2) is 33.9 Å². The molecule has 1 aromatic heterocycles. The zero-order valence-electron chi connectivity index (χ0n) is 19.8. The van der Waals surface area contributed by atoms with Gasteiger partial charge in [-0.2, -0.15) is 0 Å². The van der Waals surface area contributed by atoms with Crippen LogP contribution in [0.4, 0.5) is 4.39 Å². The van der Waals surface area contributed by atoms with Gasteiger partial charge < -0.3 is 24.5 Å². The van der Waals surface area contributed by atoms with Gasteiger partial charge in [-0.1, -0.05) is 12.1 Å². The van der Waals surface area contributed by atoms with Crippen LogP contribution in [0.5, 0.6) is 5.75 Å². The summed E-state index contributed by atoms with van der Waals surface area (Å²) in [5.74, 6) is -3.57. The number of carbonyl (C=O) groups excluding carboxylic acids is 3. The summed E-state index contributed by atoms with van der Waals surface area (Å²) in [6.45, 7) is 0.160. The van der Waals surface area contributed by atoms with Crippen molar-refractivity contribution < 1.29 is 28.6 Å². The van der Waals surface area contributed by atoms with E-state index in [-0.39, 0.29) is 45.9 Å². The molecule has 2 aliphatic rings. The molecule has 1 N–H and O–H groups in total. The Bertz CT molecular complexity index is 1320. The normalized spacial score (nSPS) is 17.6. The number of hydrogen-bond donors (Lipinski definition) is 1. The van der Waals surface area contributed by atoms with Crippen LogP contribution < -0.4 is 11.2 Å². The summed E-state index contributed by atoms with van der Waals surface area (Å²) in [6, 6.07) is 4.74. The summed E-state index contributed by atoms with van der Waals surface area (Å²) in [6.07, 6.45) is 0. The Morgan fingerprint density at radius 2 is 1.81 bits per heavy atom. The van der Waals surface area contributed by atoms with Crippen LogP contribution in [-0.4, -0.2) is 93.1 Å². The highest BCUT2D eigenvalue weighted by Crippen LogP contribution is 2.20. The number of benzene rings is 1. The number of morpholine rings is 1. The van der Waals surface area contributed by atoms with E-state index in [0.717, 1.165) is 14.0 Å². The van der Waals surface area contributed by atoms with Gasteiger partial charge in [0.15, 0.2) is 5.69 Å². The van der Waals surface area contributed by atoms with E-state index in [1.54, 1.807) is 0 Å². The van der Waals surface area contributed by atoms with Crippen LogP contribution >= 0.6 is 0 Å². The number of amides is 3. The summed E-state index contributed by atoms with van der Waals surface area (Å²) >= 11 is 0. The number of aromatic nitrogens is 2. The lowest BCUT2D eigenvalue weighted by molar-refractivity contribution is -0.155. The van der Waals surface area contributed by atoms with E-state index >= 15 is 0 Å². The van der Waals surface area contributed by atoms with Crippen molar-refractivity contribution in [3.63, 3.8) is 0 Å². The zero-order valence-corrected chi connectivity index (χ0v) is 19.8. The molecule has 3 heterocycles. The number of likely N-dealkylation sites (N-methyl/N-ethyl adjacent to an activating group) is 1. The summed E-state index contributed by atoms with van der Waals surface area (Å²) in [5.41, 5.74) is -1.69. The summed E-state index contributed by atoms with van der Waals surface area (Å²) in [7, 11) is 2.87. The van der Waals surface area contributed by atoms with Crippen molar-refractivity contribution in [2.75, 3.05) is 40.4 Å². The van der Waals surface area contributed by atoms with Crippen LogP contribution in [0.3, 0.4) is 0 Å². The van der Waals surface area contributed by atoms with Gasteiger partial charge in [0, 0.05) is 40.3 Å². The number of rotatable bonds is 4. The molecule has 192 valence electrons. The number of nitrogens with zero attached hydrogens (tertiary/aromatic N) is 5. The molecule has 0 saturated carbocycles. The predicted molar refractivity (Wildman–Crippen MR) is 123 cm³/mol. The van der Waals surface area contributed by atoms with E-state index in [4.69, 9.17) is 4.74 Å². The van der Waals surface area contributed by atoms with Gasteiger partial charge in [0.1, 0.15) is 5.82 Å². The number of fused-ring (bicyclic) bond motifs is 1. The van der Waals surface area contributed by atoms with Gasteiger partial charge in [0.25, 0.3) is 11.5 Å². The van der Waals surface area contributed by atoms with Crippen molar-refractivity contribution in [1.29, 1.82) is 0 Å². The molecule has 1 saturated heterocycles. The number of hydrogen-bond acceptors (Lipinski definition) is 7. The molecule has 12 nitrogen and oxygen atoms in total. The Balaban J connectivity index is 1.63. The molecule has 1 unspecified atom stereocenters. The minimum Gasteiger partial charge on any atom is -0.501 e. The molecule has 4 rings (SSSR count). The molecule has 0 bridgehead atoms. The fourth-order valence-corrected chi connectivity index (χ4v) is 4.30. The molecular formula is C23H26FN5O7. The molecule has 3 amide bonds. The van der Waals surface area contributed by atoms with Crippen molar-refractivity contribution in [2.45, 2.75) is 25.7 Å². The first-order chi connectivity index (χ1) is 17.1. The average molecular weight is 503 g/mol. The second kappa shape index (κ2) is 9.93. The lowest BCUT2D eigenvalue weighted by Crippen LogP contribution is -2.57. The molecule has 36 heavy (non-hydrogen) atoms. The first-order valence-electron chi connectivity index (χ1n) is 11.3. The molecule has 0 radical (unpaired) electrons. The van der Waals surface area contributed by atoms with Gasteiger partial charge >= 0.3 is 17.5 Å². The van der Waals surface area contributed by atoms with Crippen LogP contribution in [0.2, 0.25) is 0 Å². The lowest BCUT2D eigenvalue weighted by Gasteiger charge is -2.36. The third kappa shape index (κ3) is 4.61. The number of carbonyl (C=O) groups is 3. The average Bonchev–Trinajstić information content (AvgIpc) is 2.87. The van der Waals surface area contributed by atoms with E-state index in [1.807, 2.05) is 0 Å². The Kier molecular flexibility index (Phi) is 6.93. The molecule has 0 aliphatic carbocycles. The fraction of sp³-hybridized carbons (Fsp3) is 0.435. The Morgan fingerprint density at radius 3 is 2.47 bits per heavy atom. The van der Waals surface area contributed by atoms with E-state index in [1.165, 1.54) is 48.2 Å². The van der Waals surface area contributed by atoms with Crippen LogP contribution in [-0.2, 0) is 34.0 Å². The Morgan fingerprint density at radius 1 is 1.11 bits per heavy atom. The van der Waals surface area contributed by atoms with E-state index in [2.05, 4.69) is 0 Å². The van der Waals surface area contributed by atoms with Gasteiger partial charge in [-0.3, -0.25) is 28.3 Å². The molecule has 1 atom stereocenters. The van der Waals surface area contributed by atoms with Crippen LogP contribution in [0.1, 0.15) is 16.1 Å². The number of ether oxygens (including phenoxy) is 1. The molecule has 2 aromatic rings. The maximum absolute atomic E-state index is 13.2. The predicted octanol–water partition coefficient (Wildman–Crippen LogP) is -1.17. The highest BCUT2D eigenvalue weighted by molar-refractivity contribution is 6.34. The Hall–Kier alpha value is -4.00. The molecule has 0 spiro atoms. The first kappa shape index (κ1) is 25.1. The van der Waals surface area contributed by atoms with E-state index < -0.39 is 52.3 Å². The smallest absolute Gasteiger partial charge is 0.331 e. The molecular weight excluding hydrogens is 477 g/mol. The topological polar surface area (TPSA) is 134 Å². The van der Waals surface area contributed by atoms with Gasteiger partial charge in [-0.25, -0.2) is 9.18 Å². The molecule has 1 aromatic carbocycles. The fourth-order valence-electron chi connectivity index (χ4n) is 4.30. The zero-order chi connectivity index (χ0) is 26.1. The third-order valence-electron chi connectivity index (χ3n) is 6.24. The van der Waals surface area contributed by atoms with Gasteiger partial charge in [-0.05, 0) is 17.7 Å². The number of aromatic hydroxyl groups is 1. The summed E-state index contributed by atoms with van der Waals surface area (Å²) in [4.78, 5) is 67.8. The Labute approximate surface area is 204 Å². The van der Waals surface area contributed by atoms with E-state index in [0.29, 0.717) is 5.56 Å².